The van der Waals surface area contributed by atoms with Crippen LogP contribution in [0.4, 0.5) is 0 Å². The molecule has 0 N–H and O–H groups in total. The maximum absolute atomic E-state index is 3.86. The van der Waals surface area contributed by atoms with Crippen LogP contribution in [0.15, 0.2) is 17.5 Å². The predicted molar refractivity (Wildman–Crippen MR) is 67.3 cm³/mol. The Bertz CT molecular complexity index is 255. The first-order valence-electron chi connectivity index (χ1n) is 5.53. The molecule has 14 heavy (non-hydrogen) atoms. The van der Waals surface area contributed by atoms with Crippen molar-refractivity contribution in [1.82, 2.24) is 0 Å². The topological polar surface area (TPSA) is 0 Å². The van der Waals surface area contributed by atoms with E-state index >= 15 is 0 Å². The van der Waals surface area contributed by atoms with Gasteiger partial charge in [0.15, 0.2) is 0 Å². The van der Waals surface area contributed by atoms with E-state index in [9.17, 15) is 0 Å². The van der Waals surface area contributed by atoms with Crippen molar-refractivity contribution in [3.63, 3.8) is 0 Å². The summed E-state index contributed by atoms with van der Waals surface area (Å²) in [6.07, 6.45) is 8.34. The normalized spacial score (nSPS) is 28.6. The van der Waals surface area contributed by atoms with Crippen LogP contribution in [0.2, 0.25) is 0 Å². The second kappa shape index (κ2) is 5.32. The van der Waals surface area contributed by atoms with Crippen LogP contribution in [-0.2, 0) is 6.42 Å². The maximum atomic E-state index is 3.86. The van der Waals surface area contributed by atoms with Crippen LogP contribution >= 0.6 is 27.3 Å². The Morgan fingerprint density at radius 1 is 1.29 bits per heavy atom. The zero-order chi connectivity index (χ0) is 9.80. The lowest BCUT2D eigenvalue weighted by atomic mass is 9.96. The summed E-state index contributed by atoms with van der Waals surface area (Å²) in [5, 5.41) is 2.19. The SMILES string of the molecule is BrC1CCCCCC1Cc1cccs1. The molecule has 1 aliphatic rings. The zero-order valence-electron chi connectivity index (χ0n) is 8.42. The molecular weight excluding hydrogens is 256 g/mol. The van der Waals surface area contributed by atoms with E-state index in [4.69, 9.17) is 0 Å². The average molecular weight is 273 g/mol. The first-order valence-corrected chi connectivity index (χ1v) is 7.32. The molecule has 0 nitrogen and oxygen atoms in total. The Morgan fingerprint density at radius 3 is 2.93 bits per heavy atom. The second-order valence-corrected chi connectivity index (χ2v) is 6.41. The number of hydrogen-bond donors (Lipinski definition) is 0. The molecule has 1 saturated carbocycles. The van der Waals surface area contributed by atoms with Crippen molar-refractivity contribution in [3.05, 3.63) is 22.4 Å². The molecule has 2 atom stereocenters. The Hall–Kier alpha value is 0.180. The largest absolute Gasteiger partial charge is 0.149 e. The minimum atomic E-state index is 0.757. The predicted octanol–water partition coefficient (Wildman–Crippen LogP) is 4.63. The van der Waals surface area contributed by atoms with Gasteiger partial charge in [-0.2, -0.15) is 0 Å². The third-order valence-corrected chi connectivity index (χ3v) is 5.21. The molecule has 1 heterocycles. The van der Waals surface area contributed by atoms with Crippen LogP contribution in [0, 0.1) is 5.92 Å². The van der Waals surface area contributed by atoms with Crippen molar-refractivity contribution in [2.75, 3.05) is 0 Å². The van der Waals surface area contributed by atoms with Crippen LogP contribution in [0.5, 0.6) is 0 Å². The maximum Gasteiger partial charge on any atom is 0.0177 e. The van der Waals surface area contributed by atoms with Gasteiger partial charge in [-0.3, -0.25) is 0 Å². The highest BCUT2D eigenvalue weighted by molar-refractivity contribution is 9.09. The van der Waals surface area contributed by atoms with Crippen molar-refractivity contribution in [3.8, 4) is 0 Å². The van der Waals surface area contributed by atoms with Gasteiger partial charge in [-0.25, -0.2) is 0 Å². The van der Waals surface area contributed by atoms with Gasteiger partial charge in [0.25, 0.3) is 0 Å². The van der Waals surface area contributed by atoms with Gasteiger partial charge < -0.3 is 0 Å². The molecule has 0 amide bonds. The molecule has 0 aliphatic heterocycles. The fourth-order valence-corrected chi connectivity index (χ4v) is 3.83. The fourth-order valence-electron chi connectivity index (χ4n) is 2.26. The van der Waals surface area contributed by atoms with E-state index in [1.807, 2.05) is 11.3 Å². The standard InChI is InChI=1S/C12H17BrS/c13-12-7-3-1-2-5-10(12)9-11-6-4-8-14-11/h4,6,8,10,12H,1-3,5,7,9H2. The summed E-state index contributed by atoms with van der Waals surface area (Å²) < 4.78 is 0. The highest BCUT2D eigenvalue weighted by Crippen LogP contribution is 2.32. The number of rotatable bonds is 2. The molecule has 0 saturated heterocycles. The van der Waals surface area contributed by atoms with Gasteiger partial charge in [0.05, 0.1) is 0 Å². The molecule has 2 unspecified atom stereocenters. The van der Waals surface area contributed by atoms with Gasteiger partial charge in [-0.1, -0.05) is 41.3 Å². The third-order valence-electron chi connectivity index (χ3n) is 3.11. The van der Waals surface area contributed by atoms with E-state index in [1.54, 1.807) is 4.88 Å². The summed E-state index contributed by atoms with van der Waals surface area (Å²) in [7, 11) is 0. The zero-order valence-corrected chi connectivity index (χ0v) is 10.8. The highest BCUT2D eigenvalue weighted by atomic mass is 79.9. The van der Waals surface area contributed by atoms with Crippen molar-refractivity contribution in [2.45, 2.75) is 43.4 Å². The lowest BCUT2D eigenvalue weighted by molar-refractivity contribution is 0.479. The molecule has 1 aromatic heterocycles. The van der Waals surface area contributed by atoms with Gasteiger partial charge in [-0.05, 0) is 36.6 Å². The van der Waals surface area contributed by atoms with Crippen molar-refractivity contribution in [1.29, 1.82) is 0 Å². The molecular formula is C12H17BrS. The molecule has 2 heteroatoms. The summed E-state index contributed by atoms with van der Waals surface area (Å²) in [5.74, 6) is 0.871. The van der Waals surface area contributed by atoms with Crippen LogP contribution in [-0.4, -0.2) is 4.83 Å². The quantitative estimate of drug-likeness (QED) is 0.544. The lowest BCUT2D eigenvalue weighted by Gasteiger charge is -2.18. The summed E-state index contributed by atoms with van der Waals surface area (Å²) in [4.78, 5) is 2.31. The van der Waals surface area contributed by atoms with Crippen molar-refractivity contribution >= 4 is 27.3 Å². The van der Waals surface area contributed by atoms with Gasteiger partial charge >= 0.3 is 0 Å². The number of halogens is 1. The minimum Gasteiger partial charge on any atom is -0.149 e. The van der Waals surface area contributed by atoms with Crippen molar-refractivity contribution in [2.24, 2.45) is 5.92 Å². The summed E-state index contributed by atoms with van der Waals surface area (Å²) in [6.45, 7) is 0. The van der Waals surface area contributed by atoms with E-state index in [2.05, 4.69) is 33.4 Å². The van der Waals surface area contributed by atoms with E-state index in [0.29, 0.717) is 0 Å². The smallest absolute Gasteiger partial charge is 0.0177 e. The molecule has 0 bridgehead atoms. The molecule has 1 fully saturated rings. The summed E-state index contributed by atoms with van der Waals surface area (Å²) in [6, 6.07) is 4.44. The Kier molecular flexibility index (Phi) is 4.06. The van der Waals surface area contributed by atoms with E-state index in [0.717, 1.165) is 10.7 Å². The van der Waals surface area contributed by atoms with Gasteiger partial charge in [0, 0.05) is 9.70 Å². The Balaban J connectivity index is 1.94. The molecule has 2 rings (SSSR count). The molecule has 1 aromatic rings. The minimum absolute atomic E-state index is 0.757. The van der Waals surface area contributed by atoms with Gasteiger partial charge in [0.1, 0.15) is 0 Å². The lowest BCUT2D eigenvalue weighted by Crippen LogP contribution is -2.14. The molecule has 1 aliphatic carbocycles. The van der Waals surface area contributed by atoms with Crippen LogP contribution in [0.25, 0.3) is 0 Å². The molecule has 0 aromatic carbocycles. The summed E-state index contributed by atoms with van der Waals surface area (Å²) in [5.41, 5.74) is 0. The molecule has 0 spiro atoms. The fraction of sp³-hybridized carbons (Fsp3) is 0.667. The van der Waals surface area contributed by atoms with Gasteiger partial charge in [-0.15, -0.1) is 11.3 Å². The molecule has 78 valence electrons. The van der Waals surface area contributed by atoms with Crippen LogP contribution in [0.1, 0.15) is 37.0 Å². The monoisotopic (exact) mass is 272 g/mol. The average Bonchev–Trinajstić information content (AvgIpc) is 2.60. The molecule has 0 radical (unpaired) electrons. The number of hydrogen-bond acceptors (Lipinski definition) is 1. The Morgan fingerprint density at radius 2 is 2.14 bits per heavy atom. The van der Waals surface area contributed by atoms with E-state index < -0.39 is 0 Å². The third kappa shape index (κ3) is 2.83. The highest BCUT2D eigenvalue weighted by Gasteiger charge is 2.21. The summed E-state index contributed by atoms with van der Waals surface area (Å²) >= 11 is 5.76. The number of thiophene rings is 1. The van der Waals surface area contributed by atoms with E-state index in [-0.39, 0.29) is 0 Å². The second-order valence-electron chi connectivity index (χ2n) is 4.20. The van der Waals surface area contributed by atoms with Crippen LogP contribution in [0.3, 0.4) is 0 Å². The van der Waals surface area contributed by atoms with E-state index in [1.165, 1.54) is 38.5 Å². The number of alkyl halides is 1. The van der Waals surface area contributed by atoms with Crippen LogP contribution < -0.4 is 0 Å². The van der Waals surface area contributed by atoms with Crippen molar-refractivity contribution < 1.29 is 0 Å². The first kappa shape index (κ1) is 10.7. The first-order chi connectivity index (χ1) is 6.86. The van der Waals surface area contributed by atoms with Gasteiger partial charge in [0.2, 0.25) is 0 Å². The Labute approximate surface area is 98.9 Å².